The summed E-state index contributed by atoms with van der Waals surface area (Å²) in [6.07, 6.45) is 7.42. The largest absolute Gasteiger partial charge is 0.513 e. The molecule has 1 N–H and O–H groups in total. The second-order valence-corrected chi connectivity index (χ2v) is 8.25. The van der Waals surface area contributed by atoms with Crippen LogP contribution in [-0.2, 0) is 9.53 Å². The van der Waals surface area contributed by atoms with E-state index < -0.39 is 6.16 Å². The quantitative estimate of drug-likeness (QED) is 0.419. The van der Waals surface area contributed by atoms with Crippen LogP contribution in [0.4, 0.5) is 4.79 Å². The first-order valence-electron chi connectivity index (χ1n) is 11.2. The fraction of sp³-hybridized carbons (Fsp3) is 0.542. The van der Waals surface area contributed by atoms with Crippen molar-refractivity contribution in [3.63, 3.8) is 0 Å². The van der Waals surface area contributed by atoms with Gasteiger partial charge in [0.1, 0.15) is 5.75 Å². The van der Waals surface area contributed by atoms with E-state index in [0.29, 0.717) is 30.3 Å². The Hall–Kier alpha value is -2.83. The van der Waals surface area contributed by atoms with Crippen LogP contribution in [0.25, 0.3) is 0 Å². The molecule has 1 heterocycles. The molecule has 3 rings (SSSR count). The van der Waals surface area contributed by atoms with Gasteiger partial charge in [-0.15, -0.1) is 0 Å². The van der Waals surface area contributed by atoms with E-state index in [4.69, 9.17) is 9.47 Å². The van der Waals surface area contributed by atoms with Gasteiger partial charge < -0.3 is 19.7 Å². The van der Waals surface area contributed by atoms with Crippen LogP contribution in [0.15, 0.2) is 35.9 Å². The maximum absolute atomic E-state index is 12.6. The van der Waals surface area contributed by atoms with Crippen LogP contribution in [0.1, 0.15) is 62.7 Å². The summed E-state index contributed by atoms with van der Waals surface area (Å²) in [5.74, 6) is 0.799. The molecule has 0 bridgehead atoms. The summed E-state index contributed by atoms with van der Waals surface area (Å²) in [5.41, 5.74) is 1.69. The zero-order valence-corrected chi connectivity index (χ0v) is 18.4. The maximum atomic E-state index is 12.6. The maximum Gasteiger partial charge on any atom is 0.513 e. The van der Waals surface area contributed by atoms with E-state index in [9.17, 15) is 14.4 Å². The normalized spacial score (nSPS) is 18.0. The third-order valence-electron chi connectivity index (χ3n) is 6.07. The highest BCUT2D eigenvalue weighted by Crippen LogP contribution is 2.30. The first kappa shape index (κ1) is 22.8. The van der Waals surface area contributed by atoms with Crippen molar-refractivity contribution in [2.75, 3.05) is 19.7 Å². The second-order valence-electron chi connectivity index (χ2n) is 8.25. The van der Waals surface area contributed by atoms with E-state index in [2.05, 4.69) is 12.2 Å². The van der Waals surface area contributed by atoms with Gasteiger partial charge in [0.2, 0.25) is 5.91 Å². The molecule has 0 aromatic heterocycles. The SMILES string of the molecule is CCOC(=O)Oc1ccc(C(=O)NC2CCN(C(=O)/C=C(\C)C3CCCC3)CC2)cc1. The molecular weight excluding hydrogens is 396 g/mol. The van der Waals surface area contributed by atoms with Gasteiger partial charge in [0.15, 0.2) is 0 Å². The molecule has 7 nitrogen and oxygen atoms in total. The predicted molar refractivity (Wildman–Crippen MR) is 117 cm³/mol. The Bertz CT molecular complexity index is 804. The van der Waals surface area contributed by atoms with Crippen LogP contribution in [-0.4, -0.2) is 48.6 Å². The number of amides is 2. The molecule has 0 spiro atoms. The monoisotopic (exact) mass is 428 g/mol. The molecule has 2 amide bonds. The molecule has 0 atom stereocenters. The van der Waals surface area contributed by atoms with Crippen molar-refractivity contribution in [2.45, 2.75) is 58.4 Å². The summed E-state index contributed by atoms with van der Waals surface area (Å²) in [4.78, 5) is 38.3. The zero-order valence-electron chi connectivity index (χ0n) is 18.4. The number of allylic oxidation sites excluding steroid dienone is 1. The lowest BCUT2D eigenvalue weighted by molar-refractivity contribution is -0.127. The molecule has 31 heavy (non-hydrogen) atoms. The molecule has 0 radical (unpaired) electrons. The van der Waals surface area contributed by atoms with Gasteiger partial charge in [-0.3, -0.25) is 9.59 Å². The number of likely N-dealkylation sites (tertiary alicyclic amines) is 1. The average Bonchev–Trinajstić information content (AvgIpc) is 3.30. The first-order chi connectivity index (χ1) is 15.0. The van der Waals surface area contributed by atoms with Crippen LogP contribution in [0.5, 0.6) is 5.75 Å². The molecule has 2 fully saturated rings. The molecule has 1 saturated carbocycles. The minimum absolute atomic E-state index is 0.0342. The molecule has 1 saturated heterocycles. The zero-order chi connectivity index (χ0) is 22.2. The predicted octanol–water partition coefficient (Wildman–Crippen LogP) is 4.08. The lowest BCUT2D eigenvalue weighted by Crippen LogP contribution is -2.46. The number of nitrogens with zero attached hydrogens (tertiary/aromatic N) is 1. The summed E-state index contributed by atoms with van der Waals surface area (Å²) in [6.45, 7) is 5.29. The van der Waals surface area contributed by atoms with Gasteiger partial charge in [-0.05, 0) is 69.7 Å². The van der Waals surface area contributed by atoms with Crippen LogP contribution in [0.3, 0.4) is 0 Å². The van der Waals surface area contributed by atoms with Gasteiger partial charge in [0.05, 0.1) is 6.61 Å². The summed E-state index contributed by atoms with van der Waals surface area (Å²) in [7, 11) is 0. The Morgan fingerprint density at radius 2 is 1.71 bits per heavy atom. The molecular formula is C24H32N2O5. The Morgan fingerprint density at radius 3 is 2.32 bits per heavy atom. The summed E-state index contributed by atoms with van der Waals surface area (Å²) >= 11 is 0. The lowest BCUT2D eigenvalue weighted by atomic mass is 9.98. The van der Waals surface area contributed by atoms with E-state index in [1.165, 1.54) is 31.3 Å². The minimum atomic E-state index is -0.769. The fourth-order valence-corrected chi connectivity index (χ4v) is 4.22. The average molecular weight is 429 g/mol. The number of hydrogen-bond acceptors (Lipinski definition) is 5. The third kappa shape index (κ3) is 6.57. The highest BCUT2D eigenvalue weighted by atomic mass is 16.7. The molecule has 1 aromatic carbocycles. The van der Waals surface area contributed by atoms with Crippen molar-refractivity contribution < 1.29 is 23.9 Å². The molecule has 0 unspecified atom stereocenters. The fourth-order valence-electron chi connectivity index (χ4n) is 4.22. The van der Waals surface area contributed by atoms with Gasteiger partial charge >= 0.3 is 6.16 Å². The summed E-state index contributed by atoms with van der Waals surface area (Å²) < 4.78 is 9.72. The van der Waals surface area contributed by atoms with Crippen molar-refractivity contribution in [1.82, 2.24) is 10.2 Å². The highest BCUT2D eigenvalue weighted by molar-refractivity contribution is 5.94. The Labute approximate surface area is 183 Å². The smallest absolute Gasteiger partial charge is 0.434 e. The molecule has 2 aliphatic rings. The van der Waals surface area contributed by atoms with Crippen molar-refractivity contribution >= 4 is 18.0 Å². The Balaban J connectivity index is 1.44. The van der Waals surface area contributed by atoms with E-state index in [0.717, 1.165) is 12.8 Å². The van der Waals surface area contributed by atoms with Gasteiger partial charge in [-0.1, -0.05) is 18.4 Å². The van der Waals surface area contributed by atoms with E-state index >= 15 is 0 Å². The number of rotatable bonds is 6. The molecule has 1 aliphatic heterocycles. The number of hydrogen-bond donors (Lipinski definition) is 1. The van der Waals surface area contributed by atoms with E-state index in [1.54, 1.807) is 31.2 Å². The number of nitrogens with one attached hydrogen (secondary N) is 1. The van der Waals surface area contributed by atoms with Crippen molar-refractivity contribution in [1.29, 1.82) is 0 Å². The molecule has 168 valence electrons. The molecule has 7 heteroatoms. The molecule has 1 aromatic rings. The Kier molecular flexibility index (Phi) is 8.09. The third-order valence-corrected chi connectivity index (χ3v) is 6.07. The number of piperidine rings is 1. The summed E-state index contributed by atoms with van der Waals surface area (Å²) in [5, 5.41) is 3.04. The number of carbonyl (C=O) groups is 3. The lowest BCUT2D eigenvalue weighted by Gasteiger charge is -2.32. The Morgan fingerprint density at radius 1 is 1.06 bits per heavy atom. The van der Waals surface area contributed by atoms with E-state index in [-0.39, 0.29) is 24.5 Å². The highest BCUT2D eigenvalue weighted by Gasteiger charge is 2.24. The van der Waals surface area contributed by atoms with E-state index in [1.807, 2.05) is 11.0 Å². The van der Waals surface area contributed by atoms with Crippen LogP contribution < -0.4 is 10.1 Å². The van der Waals surface area contributed by atoms with Crippen LogP contribution in [0.2, 0.25) is 0 Å². The van der Waals surface area contributed by atoms with Crippen molar-refractivity contribution in [3.8, 4) is 5.75 Å². The second kappa shape index (κ2) is 11.0. The van der Waals surface area contributed by atoms with Crippen molar-refractivity contribution in [2.24, 2.45) is 5.92 Å². The first-order valence-corrected chi connectivity index (χ1v) is 11.2. The molecule has 1 aliphatic carbocycles. The topological polar surface area (TPSA) is 84.9 Å². The number of ether oxygens (including phenoxy) is 2. The van der Waals surface area contributed by atoms with Crippen LogP contribution in [0, 0.1) is 5.92 Å². The standard InChI is InChI=1S/C24H32N2O5/c1-3-30-24(29)31-21-10-8-19(9-11-21)23(28)25-20-12-14-26(15-13-20)22(27)16-17(2)18-6-4-5-7-18/h8-11,16,18,20H,3-7,12-15H2,1-2H3,(H,25,28)/b17-16+. The van der Waals surface area contributed by atoms with Crippen LogP contribution >= 0.6 is 0 Å². The van der Waals surface area contributed by atoms with Gasteiger partial charge in [-0.25, -0.2) is 4.79 Å². The van der Waals surface area contributed by atoms with Gasteiger partial charge in [0.25, 0.3) is 5.91 Å². The van der Waals surface area contributed by atoms with Crippen molar-refractivity contribution in [3.05, 3.63) is 41.5 Å². The van der Waals surface area contributed by atoms with Gasteiger partial charge in [0, 0.05) is 30.8 Å². The van der Waals surface area contributed by atoms with Gasteiger partial charge in [-0.2, -0.15) is 0 Å². The number of benzene rings is 1. The summed E-state index contributed by atoms with van der Waals surface area (Å²) in [6, 6.07) is 6.38. The number of carbonyl (C=O) groups excluding carboxylic acids is 3. The minimum Gasteiger partial charge on any atom is -0.434 e.